The topological polar surface area (TPSA) is 94.9 Å². The summed E-state index contributed by atoms with van der Waals surface area (Å²) in [6.07, 6.45) is 0. The molecule has 0 unspecified atom stereocenters. The van der Waals surface area contributed by atoms with Gasteiger partial charge >= 0.3 is 0 Å². The second kappa shape index (κ2) is 7.38. The quantitative estimate of drug-likeness (QED) is 0.507. The minimum atomic E-state index is -0.693. The van der Waals surface area contributed by atoms with Crippen LogP contribution in [-0.4, -0.2) is 26.2 Å². The van der Waals surface area contributed by atoms with Gasteiger partial charge in [0.1, 0.15) is 5.69 Å². The van der Waals surface area contributed by atoms with E-state index in [4.69, 9.17) is 17.3 Å². The second-order valence-corrected chi connectivity index (χ2v) is 8.05. The average molecular weight is 428 g/mol. The van der Waals surface area contributed by atoms with Crippen molar-refractivity contribution in [2.45, 2.75) is 13.5 Å². The van der Waals surface area contributed by atoms with Crippen LogP contribution in [0.4, 0.5) is 5.69 Å². The van der Waals surface area contributed by atoms with Gasteiger partial charge in [-0.15, -0.1) is 11.3 Å². The Morgan fingerprint density at radius 1 is 1.24 bits per heavy atom. The molecule has 1 aromatic carbocycles. The van der Waals surface area contributed by atoms with Gasteiger partial charge in [0.2, 0.25) is 0 Å². The maximum Gasteiger partial charge on any atom is 0.272 e. The van der Waals surface area contributed by atoms with Crippen LogP contribution in [0.15, 0.2) is 41.8 Å². The van der Waals surface area contributed by atoms with E-state index >= 15 is 0 Å². The molecule has 3 heterocycles. The molecule has 0 bridgehead atoms. The molecule has 0 spiro atoms. The molecular weight excluding hydrogens is 410 g/mol. The van der Waals surface area contributed by atoms with Gasteiger partial charge < -0.3 is 15.6 Å². The zero-order valence-electron chi connectivity index (χ0n) is 15.8. The molecule has 7 nitrogen and oxygen atoms in total. The van der Waals surface area contributed by atoms with Crippen LogP contribution in [0, 0.1) is 6.92 Å². The molecule has 4 aromatic rings. The number of anilines is 1. The van der Waals surface area contributed by atoms with Crippen molar-refractivity contribution in [2.75, 3.05) is 5.32 Å². The third-order valence-electron chi connectivity index (χ3n) is 4.82. The Labute approximate surface area is 175 Å². The number of hydrogen-bond acceptors (Lipinski definition) is 4. The van der Waals surface area contributed by atoms with Crippen LogP contribution in [-0.2, 0) is 13.6 Å². The predicted octanol–water partition coefficient (Wildman–Crippen LogP) is 3.80. The molecule has 0 aliphatic heterocycles. The van der Waals surface area contributed by atoms with Gasteiger partial charge in [-0.05, 0) is 42.1 Å². The summed E-state index contributed by atoms with van der Waals surface area (Å²) in [5.74, 6) is -1.03. The number of carbonyl (C=O) groups is 2. The molecule has 3 aromatic heterocycles. The monoisotopic (exact) mass is 427 g/mol. The molecule has 0 aliphatic carbocycles. The zero-order valence-corrected chi connectivity index (χ0v) is 17.3. The van der Waals surface area contributed by atoms with Crippen molar-refractivity contribution in [3.8, 4) is 0 Å². The molecule has 0 aliphatic rings. The minimum Gasteiger partial charge on any atom is -0.364 e. The molecule has 0 atom stereocenters. The first-order valence-electron chi connectivity index (χ1n) is 8.81. The summed E-state index contributed by atoms with van der Waals surface area (Å²) in [4.78, 5) is 24.9. The number of primary amides is 1. The number of carbonyl (C=O) groups excluding carboxylic acids is 2. The highest BCUT2D eigenvalue weighted by Gasteiger charge is 2.23. The number of thiophene rings is 1. The van der Waals surface area contributed by atoms with Gasteiger partial charge in [0.15, 0.2) is 5.69 Å². The highest BCUT2D eigenvalue weighted by atomic mass is 35.5. The first kappa shape index (κ1) is 19.2. The summed E-state index contributed by atoms with van der Waals surface area (Å²) < 4.78 is 4.46. The Balaban J connectivity index is 1.73. The van der Waals surface area contributed by atoms with Crippen LogP contribution < -0.4 is 11.1 Å². The summed E-state index contributed by atoms with van der Waals surface area (Å²) in [6.45, 7) is 2.27. The molecule has 2 amide bonds. The predicted molar refractivity (Wildman–Crippen MR) is 115 cm³/mol. The summed E-state index contributed by atoms with van der Waals surface area (Å²) in [6, 6.07) is 11.3. The van der Waals surface area contributed by atoms with Crippen molar-refractivity contribution in [1.82, 2.24) is 14.3 Å². The molecular formula is C20H18ClN5O2S. The Morgan fingerprint density at radius 3 is 2.66 bits per heavy atom. The smallest absolute Gasteiger partial charge is 0.272 e. The molecule has 148 valence electrons. The number of aromatic nitrogens is 3. The van der Waals surface area contributed by atoms with E-state index in [-0.39, 0.29) is 11.6 Å². The van der Waals surface area contributed by atoms with Crippen LogP contribution in [0.1, 0.15) is 32.2 Å². The number of nitrogens with two attached hydrogens (primary N) is 1. The molecule has 3 N–H and O–H groups in total. The number of aryl methyl sites for hydroxylation is 1. The Kier molecular flexibility index (Phi) is 4.89. The lowest BCUT2D eigenvalue weighted by Gasteiger charge is -2.11. The molecule has 9 heteroatoms. The fourth-order valence-electron chi connectivity index (χ4n) is 3.22. The third kappa shape index (κ3) is 3.52. The lowest BCUT2D eigenvalue weighted by molar-refractivity contribution is 0.0995. The van der Waals surface area contributed by atoms with E-state index in [1.54, 1.807) is 25.3 Å². The van der Waals surface area contributed by atoms with Gasteiger partial charge in [-0.25, -0.2) is 0 Å². The Morgan fingerprint density at radius 2 is 1.97 bits per heavy atom. The van der Waals surface area contributed by atoms with Crippen molar-refractivity contribution in [3.63, 3.8) is 0 Å². The first-order valence-corrected chi connectivity index (χ1v) is 10.1. The largest absolute Gasteiger partial charge is 0.364 e. The van der Waals surface area contributed by atoms with Crippen molar-refractivity contribution in [3.05, 3.63) is 69.4 Å². The fourth-order valence-corrected chi connectivity index (χ4v) is 4.16. The highest BCUT2D eigenvalue weighted by Crippen LogP contribution is 2.28. The van der Waals surface area contributed by atoms with E-state index in [0.717, 1.165) is 15.8 Å². The van der Waals surface area contributed by atoms with E-state index in [9.17, 15) is 9.59 Å². The van der Waals surface area contributed by atoms with Gasteiger partial charge in [0.05, 0.1) is 21.6 Å². The maximum atomic E-state index is 13.1. The van der Waals surface area contributed by atoms with Gasteiger partial charge in [-0.2, -0.15) is 5.10 Å². The molecule has 29 heavy (non-hydrogen) atoms. The van der Waals surface area contributed by atoms with E-state index < -0.39 is 5.91 Å². The normalized spacial score (nSPS) is 11.1. The molecule has 4 rings (SSSR count). The maximum absolute atomic E-state index is 13.1. The number of rotatable bonds is 5. The van der Waals surface area contributed by atoms with Crippen LogP contribution in [0.2, 0.25) is 5.02 Å². The van der Waals surface area contributed by atoms with Crippen molar-refractivity contribution >= 4 is 50.7 Å². The number of halogens is 1. The standard InChI is InChI=1S/C20H18ClN5O2S/c1-11-17(18(19(22)27)24-25(11)2)23-20(28)15-9-16-14(7-8-29-16)26(15)10-12-3-5-13(21)6-4-12/h3-9H,10H2,1-2H3,(H2,22,27)(H,23,28). The highest BCUT2D eigenvalue weighted by molar-refractivity contribution is 7.17. The number of amides is 2. The van der Waals surface area contributed by atoms with Gasteiger partial charge in [-0.3, -0.25) is 14.3 Å². The fraction of sp³-hybridized carbons (Fsp3) is 0.150. The zero-order chi connectivity index (χ0) is 20.7. The number of benzene rings is 1. The molecule has 0 radical (unpaired) electrons. The van der Waals surface area contributed by atoms with Gasteiger partial charge in [0, 0.05) is 18.6 Å². The van der Waals surface area contributed by atoms with Crippen LogP contribution in [0.25, 0.3) is 10.2 Å². The summed E-state index contributed by atoms with van der Waals surface area (Å²) in [5, 5.41) is 9.57. The minimum absolute atomic E-state index is 0.0379. The Hall–Kier alpha value is -3.10. The van der Waals surface area contributed by atoms with Crippen LogP contribution in [0.5, 0.6) is 0 Å². The summed E-state index contributed by atoms with van der Waals surface area (Å²) in [7, 11) is 1.69. The number of nitrogens with zero attached hydrogens (tertiary/aromatic N) is 3. The number of fused-ring (bicyclic) bond motifs is 1. The van der Waals surface area contributed by atoms with Gasteiger partial charge in [0.25, 0.3) is 11.8 Å². The second-order valence-electron chi connectivity index (χ2n) is 6.66. The van der Waals surface area contributed by atoms with E-state index in [1.807, 2.05) is 46.3 Å². The van der Waals surface area contributed by atoms with Crippen molar-refractivity contribution < 1.29 is 9.59 Å². The lowest BCUT2D eigenvalue weighted by Crippen LogP contribution is -2.21. The molecule has 0 saturated carbocycles. The lowest BCUT2D eigenvalue weighted by atomic mass is 10.2. The molecule has 0 fully saturated rings. The number of nitrogens with one attached hydrogen (secondary N) is 1. The van der Waals surface area contributed by atoms with Crippen LogP contribution >= 0.6 is 22.9 Å². The summed E-state index contributed by atoms with van der Waals surface area (Å²) in [5.41, 5.74) is 8.90. The Bertz CT molecular complexity index is 1240. The number of hydrogen-bond donors (Lipinski definition) is 2. The first-order chi connectivity index (χ1) is 13.8. The van der Waals surface area contributed by atoms with Crippen LogP contribution in [0.3, 0.4) is 0 Å². The van der Waals surface area contributed by atoms with Crippen molar-refractivity contribution in [2.24, 2.45) is 12.8 Å². The van der Waals surface area contributed by atoms with E-state index in [1.165, 1.54) is 4.68 Å². The van der Waals surface area contributed by atoms with Gasteiger partial charge in [-0.1, -0.05) is 23.7 Å². The average Bonchev–Trinajstić information content (AvgIpc) is 3.34. The van der Waals surface area contributed by atoms with E-state index in [0.29, 0.717) is 28.6 Å². The van der Waals surface area contributed by atoms with Crippen molar-refractivity contribution in [1.29, 1.82) is 0 Å². The third-order valence-corrected chi connectivity index (χ3v) is 5.92. The SMILES string of the molecule is Cc1c(NC(=O)c2cc3sccc3n2Cc2ccc(Cl)cc2)c(C(N)=O)nn1C. The summed E-state index contributed by atoms with van der Waals surface area (Å²) >= 11 is 7.55. The van der Waals surface area contributed by atoms with E-state index in [2.05, 4.69) is 10.4 Å². The molecule has 0 saturated heterocycles.